The number of nitrogens with zero attached hydrogens (tertiary/aromatic N) is 2. The van der Waals surface area contributed by atoms with Crippen LogP contribution in [0, 0.1) is 0 Å². The number of ether oxygens (including phenoxy) is 1. The van der Waals surface area contributed by atoms with Crippen molar-refractivity contribution < 1.29 is 4.74 Å². The van der Waals surface area contributed by atoms with Crippen LogP contribution in [-0.4, -0.2) is 52.3 Å². The Morgan fingerprint density at radius 1 is 1.00 bits per heavy atom. The van der Waals surface area contributed by atoms with Gasteiger partial charge in [0.25, 0.3) is 0 Å². The van der Waals surface area contributed by atoms with Crippen LogP contribution in [0.25, 0.3) is 0 Å². The number of likely N-dealkylation sites (N-methyl/N-ethyl adjacent to an activating group) is 2. The monoisotopic (exact) mass is 268 g/mol. The summed E-state index contributed by atoms with van der Waals surface area (Å²) in [5.41, 5.74) is 0.530. The first-order chi connectivity index (χ1) is 8.86. The first kappa shape index (κ1) is 15.9. The Morgan fingerprint density at radius 3 is 2.11 bits per heavy atom. The van der Waals surface area contributed by atoms with E-state index >= 15 is 0 Å². The molecule has 0 spiro atoms. The summed E-state index contributed by atoms with van der Waals surface area (Å²) in [6.07, 6.45) is 0. The molecule has 0 N–H and O–H groups in total. The lowest BCUT2D eigenvalue weighted by Crippen LogP contribution is -2.43. The third-order valence-corrected chi connectivity index (χ3v) is 3.13. The van der Waals surface area contributed by atoms with E-state index in [1.165, 1.54) is 0 Å². The normalized spacial score (nSPS) is 11.7. The van der Waals surface area contributed by atoms with Crippen LogP contribution in [0.15, 0.2) is 9.59 Å². The highest BCUT2D eigenvalue weighted by atomic mass is 16.5. The maximum absolute atomic E-state index is 11.6. The predicted octanol–water partition coefficient (Wildman–Crippen LogP) is 0.420. The minimum absolute atomic E-state index is 0.0947. The van der Waals surface area contributed by atoms with Crippen LogP contribution in [0.1, 0.15) is 25.3 Å². The molecule has 0 heterocycles. The first-order valence-corrected chi connectivity index (χ1v) is 6.63. The molecule has 0 atom stereocenters. The summed E-state index contributed by atoms with van der Waals surface area (Å²) in [7, 11) is 5.82. The molecule has 0 aliphatic carbocycles. The molecule has 0 unspecified atom stereocenters. The molecule has 0 radical (unpaired) electrons. The number of hydrogen-bond donors (Lipinski definition) is 0. The Morgan fingerprint density at radius 2 is 1.58 bits per heavy atom. The molecule has 5 heteroatoms. The van der Waals surface area contributed by atoms with E-state index in [1.54, 1.807) is 0 Å². The zero-order chi connectivity index (χ0) is 14.6. The Balaban J connectivity index is 2.47. The average Bonchev–Trinajstić information content (AvgIpc) is 2.32. The minimum Gasteiger partial charge on any atom is -0.378 e. The molecule has 0 saturated heterocycles. The summed E-state index contributed by atoms with van der Waals surface area (Å²) < 4.78 is 5.49. The second kappa shape index (κ2) is 6.82. The molecule has 0 bridgehead atoms. The van der Waals surface area contributed by atoms with Crippen LogP contribution in [-0.2, 0) is 4.74 Å². The van der Waals surface area contributed by atoms with E-state index in [-0.39, 0.29) is 16.8 Å². The van der Waals surface area contributed by atoms with Crippen molar-refractivity contribution in [1.82, 2.24) is 4.90 Å². The second-order valence-corrected chi connectivity index (χ2v) is 5.41. The largest absolute Gasteiger partial charge is 0.378 e. The molecule has 19 heavy (non-hydrogen) atoms. The third-order valence-electron chi connectivity index (χ3n) is 3.13. The van der Waals surface area contributed by atoms with Gasteiger partial charge in [0.05, 0.1) is 18.9 Å². The number of rotatable bonds is 8. The van der Waals surface area contributed by atoms with Crippen LogP contribution in [0.3, 0.4) is 0 Å². The summed E-state index contributed by atoms with van der Waals surface area (Å²) in [4.78, 5) is 27.0. The van der Waals surface area contributed by atoms with Gasteiger partial charge >= 0.3 is 0 Å². The van der Waals surface area contributed by atoms with Crippen molar-refractivity contribution in [3.05, 3.63) is 26.0 Å². The van der Waals surface area contributed by atoms with Crippen molar-refractivity contribution in [3.8, 4) is 0 Å². The molecule has 0 aliphatic heterocycles. The van der Waals surface area contributed by atoms with Gasteiger partial charge in [-0.2, -0.15) is 0 Å². The fourth-order valence-corrected chi connectivity index (χ4v) is 1.97. The van der Waals surface area contributed by atoms with E-state index in [1.807, 2.05) is 39.9 Å². The highest BCUT2D eigenvalue weighted by Gasteiger charge is 2.25. The standard InChI is InChI=1S/C14H24N2O3/c1-10(2)11-12(14(18)13(11)17)16(5)7-9-19-8-6-15(3)4/h10H,6-9H2,1-5H3. The topological polar surface area (TPSA) is 49.9 Å². The summed E-state index contributed by atoms with van der Waals surface area (Å²) in [6, 6.07) is 0. The van der Waals surface area contributed by atoms with E-state index in [0.29, 0.717) is 31.0 Å². The lowest BCUT2D eigenvalue weighted by molar-refractivity contribution is 0.123. The summed E-state index contributed by atoms with van der Waals surface area (Å²) >= 11 is 0. The Hall–Kier alpha value is -1.20. The van der Waals surface area contributed by atoms with E-state index in [2.05, 4.69) is 4.90 Å². The average molecular weight is 268 g/mol. The zero-order valence-electron chi connectivity index (χ0n) is 12.5. The van der Waals surface area contributed by atoms with E-state index in [9.17, 15) is 9.59 Å². The highest BCUT2D eigenvalue weighted by molar-refractivity contribution is 5.59. The van der Waals surface area contributed by atoms with Gasteiger partial charge in [0.15, 0.2) is 0 Å². The fourth-order valence-electron chi connectivity index (χ4n) is 1.97. The van der Waals surface area contributed by atoms with Crippen LogP contribution in [0.2, 0.25) is 0 Å². The van der Waals surface area contributed by atoms with Crippen LogP contribution in [0.5, 0.6) is 0 Å². The van der Waals surface area contributed by atoms with Gasteiger partial charge in [0.2, 0.25) is 10.9 Å². The second-order valence-electron chi connectivity index (χ2n) is 5.41. The molecule has 0 aromatic heterocycles. The third kappa shape index (κ3) is 3.88. The van der Waals surface area contributed by atoms with Gasteiger partial charge < -0.3 is 14.5 Å². The number of hydrogen-bond acceptors (Lipinski definition) is 5. The first-order valence-electron chi connectivity index (χ1n) is 6.63. The van der Waals surface area contributed by atoms with E-state index in [4.69, 9.17) is 4.74 Å². The van der Waals surface area contributed by atoms with Gasteiger partial charge in [-0.15, -0.1) is 0 Å². The minimum atomic E-state index is -0.362. The Labute approximate surface area is 114 Å². The zero-order valence-corrected chi connectivity index (χ0v) is 12.5. The lowest BCUT2D eigenvalue weighted by Gasteiger charge is -2.24. The van der Waals surface area contributed by atoms with Crippen LogP contribution < -0.4 is 15.8 Å². The van der Waals surface area contributed by atoms with E-state index < -0.39 is 0 Å². The predicted molar refractivity (Wildman–Crippen MR) is 78.1 cm³/mol. The molecular weight excluding hydrogens is 244 g/mol. The van der Waals surface area contributed by atoms with Gasteiger partial charge in [-0.1, -0.05) is 13.8 Å². The Kier molecular flexibility index (Phi) is 5.69. The van der Waals surface area contributed by atoms with Crippen molar-refractivity contribution in [3.63, 3.8) is 0 Å². The number of anilines is 1. The maximum Gasteiger partial charge on any atom is 0.249 e. The molecule has 5 nitrogen and oxygen atoms in total. The van der Waals surface area contributed by atoms with Crippen LogP contribution >= 0.6 is 0 Å². The van der Waals surface area contributed by atoms with Gasteiger partial charge in [-0.25, -0.2) is 0 Å². The van der Waals surface area contributed by atoms with Gasteiger partial charge in [0.1, 0.15) is 0 Å². The molecule has 108 valence electrons. The quantitative estimate of drug-likeness (QED) is 0.505. The molecule has 0 fully saturated rings. The summed E-state index contributed by atoms with van der Waals surface area (Å²) in [5.74, 6) is 0.0947. The highest BCUT2D eigenvalue weighted by Crippen LogP contribution is 2.21. The molecule has 0 amide bonds. The smallest absolute Gasteiger partial charge is 0.249 e. The molecular formula is C14H24N2O3. The SMILES string of the molecule is CC(C)c1c(N(C)CCOCCN(C)C)c(=O)c1=O. The molecule has 1 aromatic carbocycles. The maximum atomic E-state index is 11.6. The van der Waals surface area contributed by atoms with Crippen molar-refractivity contribution in [2.75, 3.05) is 52.3 Å². The van der Waals surface area contributed by atoms with Gasteiger partial charge in [0, 0.05) is 25.7 Å². The van der Waals surface area contributed by atoms with Crippen LogP contribution in [0.4, 0.5) is 5.69 Å². The molecule has 0 aliphatic rings. The summed E-state index contributed by atoms with van der Waals surface area (Å²) in [6.45, 7) is 6.59. The van der Waals surface area contributed by atoms with Crippen molar-refractivity contribution >= 4 is 5.69 Å². The van der Waals surface area contributed by atoms with Crippen molar-refractivity contribution in [1.29, 1.82) is 0 Å². The van der Waals surface area contributed by atoms with Crippen molar-refractivity contribution in [2.24, 2.45) is 0 Å². The lowest BCUT2D eigenvalue weighted by atomic mass is 9.95. The van der Waals surface area contributed by atoms with Gasteiger partial charge in [-0.05, 0) is 20.0 Å². The van der Waals surface area contributed by atoms with Crippen molar-refractivity contribution in [2.45, 2.75) is 19.8 Å². The fraction of sp³-hybridized carbons (Fsp3) is 0.714. The molecule has 1 aromatic rings. The summed E-state index contributed by atoms with van der Waals surface area (Å²) in [5, 5.41) is 0. The van der Waals surface area contributed by atoms with E-state index in [0.717, 1.165) is 6.54 Å². The molecule has 0 saturated carbocycles. The Bertz CT molecular complexity index is 473. The van der Waals surface area contributed by atoms with Gasteiger partial charge in [-0.3, -0.25) is 9.59 Å². The molecule has 1 rings (SSSR count).